The van der Waals surface area contributed by atoms with Crippen LogP contribution in [0.4, 0.5) is 0 Å². The highest BCUT2D eigenvalue weighted by molar-refractivity contribution is 9.10. The van der Waals surface area contributed by atoms with Gasteiger partial charge in [0.25, 0.3) is 0 Å². The molecule has 0 N–H and O–H groups in total. The van der Waals surface area contributed by atoms with Crippen molar-refractivity contribution in [3.8, 4) is 0 Å². The highest BCUT2D eigenvalue weighted by atomic mass is 79.9. The van der Waals surface area contributed by atoms with E-state index in [0.717, 1.165) is 4.47 Å². The minimum Gasteiger partial charge on any atom is -0.349 e. The summed E-state index contributed by atoms with van der Waals surface area (Å²) in [6.45, 7) is 0.628. The molecule has 72 valence electrons. The summed E-state index contributed by atoms with van der Waals surface area (Å²) in [6, 6.07) is 0. The molecular weight excluding hydrogens is 234 g/mol. The lowest BCUT2D eigenvalue weighted by Crippen LogP contribution is -2.22. The van der Waals surface area contributed by atoms with Crippen LogP contribution in [0.25, 0.3) is 0 Å². The molecule has 1 aromatic heterocycles. The Morgan fingerprint density at radius 2 is 2.38 bits per heavy atom. The van der Waals surface area contributed by atoms with Crippen LogP contribution in [0.5, 0.6) is 0 Å². The van der Waals surface area contributed by atoms with Crippen molar-refractivity contribution < 1.29 is 4.79 Å². The van der Waals surface area contributed by atoms with Crippen molar-refractivity contribution in [3.63, 3.8) is 0 Å². The van der Waals surface area contributed by atoms with E-state index in [4.69, 9.17) is 0 Å². The normalized spacial score (nSPS) is 10.1. The van der Waals surface area contributed by atoms with Crippen molar-refractivity contribution in [1.29, 1.82) is 0 Å². The van der Waals surface area contributed by atoms with Gasteiger partial charge in [-0.25, -0.2) is 0 Å². The van der Waals surface area contributed by atoms with E-state index < -0.39 is 0 Å². The molecule has 0 unspecified atom stereocenters. The summed E-state index contributed by atoms with van der Waals surface area (Å²) < 4.78 is 2.68. The predicted molar refractivity (Wildman–Crippen MR) is 53.2 cm³/mol. The van der Waals surface area contributed by atoms with Gasteiger partial charge in [0.2, 0.25) is 5.91 Å². The van der Waals surface area contributed by atoms with Crippen molar-refractivity contribution in [2.45, 2.75) is 13.0 Å². The molecule has 0 fully saturated rings. The maximum absolute atomic E-state index is 11.2. The minimum atomic E-state index is 0.117. The zero-order valence-electron chi connectivity index (χ0n) is 7.70. The van der Waals surface area contributed by atoms with E-state index >= 15 is 0 Å². The summed E-state index contributed by atoms with van der Waals surface area (Å²) in [4.78, 5) is 12.8. The van der Waals surface area contributed by atoms with Crippen molar-refractivity contribution in [2.24, 2.45) is 0 Å². The summed E-state index contributed by atoms with van der Waals surface area (Å²) in [6.07, 6.45) is 4.05. The molecule has 4 nitrogen and oxygen atoms in total. The summed E-state index contributed by atoms with van der Waals surface area (Å²) in [5.41, 5.74) is 0. The summed E-state index contributed by atoms with van der Waals surface area (Å²) in [5, 5.41) is 4.05. The van der Waals surface area contributed by atoms with E-state index in [9.17, 15) is 4.79 Å². The SMILES string of the molecule is CN(C)C(=O)CCn1cc(Br)cn1. The van der Waals surface area contributed by atoms with Gasteiger partial charge >= 0.3 is 0 Å². The number of carbonyl (C=O) groups is 1. The first kappa shape index (κ1) is 10.2. The maximum atomic E-state index is 11.2. The highest BCUT2D eigenvalue weighted by Gasteiger charge is 2.04. The number of hydrogen-bond donors (Lipinski definition) is 0. The number of aryl methyl sites for hydroxylation is 1. The highest BCUT2D eigenvalue weighted by Crippen LogP contribution is 2.06. The summed E-state index contributed by atoms with van der Waals surface area (Å²) >= 11 is 3.29. The smallest absolute Gasteiger partial charge is 0.223 e. The molecule has 1 rings (SSSR count). The van der Waals surface area contributed by atoms with Crippen LogP contribution in [0.2, 0.25) is 0 Å². The lowest BCUT2D eigenvalue weighted by Gasteiger charge is -2.09. The van der Waals surface area contributed by atoms with E-state index in [1.807, 2.05) is 6.20 Å². The average molecular weight is 246 g/mol. The molecule has 1 aromatic rings. The third kappa shape index (κ3) is 3.18. The van der Waals surface area contributed by atoms with Gasteiger partial charge in [-0.1, -0.05) is 0 Å². The van der Waals surface area contributed by atoms with Crippen LogP contribution in [0, 0.1) is 0 Å². The first-order valence-electron chi connectivity index (χ1n) is 3.97. The fraction of sp³-hybridized carbons (Fsp3) is 0.500. The van der Waals surface area contributed by atoms with Crippen LogP contribution in [0.1, 0.15) is 6.42 Å². The monoisotopic (exact) mass is 245 g/mol. The Labute approximate surface area is 85.7 Å². The molecule has 0 radical (unpaired) electrons. The van der Waals surface area contributed by atoms with Gasteiger partial charge in [-0.05, 0) is 15.9 Å². The average Bonchev–Trinajstić information content (AvgIpc) is 2.47. The van der Waals surface area contributed by atoms with Crippen LogP contribution in [-0.4, -0.2) is 34.7 Å². The zero-order valence-corrected chi connectivity index (χ0v) is 9.28. The van der Waals surface area contributed by atoms with E-state index in [2.05, 4.69) is 21.0 Å². The first-order chi connectivity index (χ1) is 6.09. The Hall–Kier alpha value is -0.840. The Bertz CT molecular complexity index is 295. The number of nitrogens with zero attached hydrogens (tertiary/aromatic N) is 3. The van der Waals surface area contributed by atoms with Crippen LogP contribution in [0.3, 0.4) is 0 Å². The van der Waals surface area contributed by atoms with E-state index in [0.29, 0.717) is 13.0 Å². The van der Waals surface area contributed by atoms with Gasteiger partial charge in [0.05, 0.1) is 10.7 Å². The second kappa shape index (κ2) is 4.41. The fourth-order valence-electron chi connectivity index (χ4n) is 0.894. The van der Waals surface area contributed by atoms with Crippen LogP contribution >= 0.6 is 15.9 Å². The number of aromatic nitrogens is 2. The number of hydrogen-bond acceptors (Lipinski definition) is 2. The topological polar surface area (TPSA) is 38.1 Å². The third-order valence-electron chi connectivity index (χ3n) is 1.66. The molecule has 0 aromatic carbocycles. The molecule has 0 saturated heterocycles. The molecule has 1 amide bonds. The van der Waals surface area contributed by atoms with Crippen molar-refractivity contribution >= 4 is 21.8 Å². The van der Waals surface area contributed by atoms with Crippen LogP contribution in [0.15, 0.2) is 16.9 Å². The number of halogens is 1. The summed E-state index contributed by atoms with van der Waals surface area (Å²) in [5.74, 6) is 0.117. The van der Waals surface area contributed by atoms with Gasteiger partial charge in [0, 0.05) is 33.3 Å². The van der Waals surface area contributed by atoms with E-state index in [1.54, 1.807) is 29.9 Å². The van der Waals surface area contributed by atoms with Gasteiger partial charge in [-0.2, -0.15) is 5.10 Å². The Morgan fingerprint density at radius 3 is 2.85 bits per heavy atom. The number of amides is 1. The minimum absolute atomic E-state index is 0.117. The molecule has 0 bridgehead atoms. The molecular formula is C8H12BrN3O. The Morgan fingerprint density at radius 1 is 1.69 bits per heavy atom. The maximum Gasteiger partial charge on any atom is 0.223 e. The number of carbonyl (C=O) groups excluding carboxylic acids is 1. The fourth-order valence-corrected chi connectivity index (χ4v) is 1.22. The van der Waals surface area contributed by atoms with E-state index in [-0.39, 0.29) is 5.91 Å². The second-order valence-electron chi connectivity index (χ2n) is 2.96. The van der Waals surface area contributed by atoms with Crippen LogP contribution in [-0.2, 0) is 11.3 Å². The standard InChI is InChI=1S/C8H12BrN3O/c1-11(2)8(13)3-4-12-6-7(9)5-10-12/h5-6H,3-4H2,1-2H3. The largest absolute Gasteiger partial charge is 0.349 e. The van der Waals surface area contributed by atoms with Gasteiger partial charge < -0.3 is 4.90 Å². The Balaban J connectivity index is 2.39. The lowest BCUT2D eigenvalue weighted by molar-refractivity contribution is -0.128. The molecule has 1 heterocycles. The van der Waals surface area contributed by atoms with Gasteiger partial charge in [-0.15, -0.1) is 0 Å². The van der Waals surface area contributed by atoms with Gasteiger partial charge in [-0.3, -0.25) is 9.48 Å². The Kier molecular flexibility index (Phi) is 3.48. The lowest BCUT2D eigenvalue weighted by atomic mass is 10.4. The molecule has 0 spiro atoms. The molecule has 0 atom stereocenters. The van der Waals surface area contributed by atoms with E-state index in [1.165, 1.54) is 0 Å². The third-order valence-corrected chi connectivity index (χ3v) is 2.06. The molecule has 0 aliphatic carbocycles. The van der Waals surface area contributed by atoms with Crippen molar-refractivity contribution in [2.75, 3.05) is 14.1 Å². The molecule has 0 aliphatic rings. The first-order valence-corrected chi connectivity index (χ1v) is 4.77. The molecule has 13 heavy (non-hydrogen) atoms. The van der Waals surface area contributed by atoms with Crippen molar-refractivity contribution in [1.82, 2.24) is 14.7 Å². The zero-order chi connectivity index (χ0) is 9.84. The quantitative estimate of drug-likeness (QED) is 0.801. The molecule has 0 saturated carbocycles. The van der Waals surface area contributed by atoms with Gasteiger partial charge in [0.1, 0.15) is 0 Å². The number of rotatable bonds is 3. The molecule has 5 heteroatoms. The predicted octanol–water partition coefficient (Wildman–Crippen LogP) is 1.12. The summed E-state index contributed by atoms with van der Waals surface area (Å²) in [7, 11) is 3.50. The van der Waals surface area contributed by atoms with Crippen molar-refractivity contribution in [3.05, 3.63) is 16.9 Å². The van der Waals surface area contributed by atoms with Crippen LogP contribution < -0.4 is 0 Å². The van der Waals surface area contributed by atoms with Gasteiger partial charge in [0.15, 0.2) is 0 Å². The second-order valence-corrected chi connectivity index (χ2v) is 3.88. The molecule has 0 aliphatic heterocycles.